The van der Waals surface area contributed by atoms with Gasteiger partial charge in [0.25, 0.3) is 5.91 Å². The van der Waals surface area contributed by atoms with Gasteiger partial charge in [0.1, 0.15) is 29.9 Å². The third kappa shape index (κ3) is 4.94. The van der Waals surface area contributed by atoms with Gasteiger partial charge in [0.05, 0.1) is 31.3 Å². The van der Waals surface area contributed by atoms with Gasteiger partial charge in [0.2, 0.25) is 5.91 Å². The van der Waals surface area contributed by atoms with E-state index in [2.05, 4.69) is 13.2 Å². The van der Waals surface area contributed by atoms with Crippen LogP contribution in [0.1, 0.15) is 25.8 Å². The second kappa shape index (κ2) is 12.0. The summed E-state index contributed by atoms with van der Waals surface area (Å²) >= 11 is 0. The number of methoxy groups -OCH3 is 1. The van der Waals surface area contributed by atoms with Gasteiger partial charge in [-0.25, -0.2) is 0 Å². The van der Waals surface area contributed by atoms with Crippen molar-refractivity contribution >= 4 is 23.5 Å². The fraction of sp³-hybridized carbons (Fsp3) is 0.441. The average molecular weight is 589 g/mol. The van der Waals surface area contributed by atoms with Crippen LogP contribution in [0.15, 0.2) is 79.9 Å². The van der Waals surface area contributed by atoms with Crippen LogP contribution in [0.2, 0.25) is 0 Å². The molecule has 3 unspecified atom stereocenters. The van der Waals surface area contributed by atoms with Crippen molar-refractivity contribution in [1.29, 1.82) is 0 Å². The molecule has 1 spiro atoms. The smallest absolute Gasteiger partial charge is 0.313 e. The summed E-state index contributed by atoms with van der Waals surface area (Å²) in [6.45, 7) is 11.1. The molecule has 43 heavy (non-hydrogen) atoms. The van der Waals surface area contributed by atoms with E-state index in [1.807, 2.05) is 44.2 Å². The molecular formula is C34H40N2O7. The van der Waals surface area contributed by atoms with Crippen molar-refractivity contribution < 1.29 is 33.7 Å². The number of hydrogen-bond donors (Lipinski definition) is 1. The van der Waals surface area contributed by atoms with Gasteiger partial charge in [0.15, 0.2) is 0 Å². The summed E-state index contributed by atoms with van der Waals surface area (Å²) in [5.41, 5.74) is -0.812. The first-order valence-electron chi connectivity index (χ1n) is 14.7. The molecule has 228 valence electrons. The molecule has 9 nitrogen and oxygen atoms in total. The normalized spacial score (nSPS) is 29.6. The lowest BCUT2D eigenvalue weighted by atomic mass is 9.62. The van der Waals surface area contributed by atoms with E-state index in [-0.39, 0.29) is 31.6 Å². The molecule has 5 rings (SSSR count). The van der Waals surface area contributed by atoms with Crippen molar-refractivity contribution in [3.05, 3.63) is 85.5 Å². The van der Waals surface area contributed by atoms with E-state index in [0.717, 1.165) is 5.56 Å². The van der Waals surface area contributed by atoms with E-state index < -0.39 is 47.0 Å². The SMILES string of the molecule is C=CCOC(=O)[C@H]1[C@H]2C(=O)N([C@@H](CO)Cc3ccccc3)C(C(=O)N(CC=C)c3ccc(OC)cc3)C23CC(C)[C@]1(C)O3. The maximum atomic E-state index is 14.9. The molecule has 2 aromatic carbocycles. The molecule has 0 radical (unpaired) electrons. The first-order valence-corrected chi connectivity index (χ1v) is 14.7. The topological polar surface area (TPSA) is 106 Å². The number of benzene rings is 2. The quantitative estimate of drug-likeness (QED) is 0.299. The lowest BCUT2D eigenvalue weighted by molar-refractivity contribution is -0.161. The standard InChI is InChI=1S/C34H40N2O7/c1-6-17-35(24-13-15-26(41-5)16-14-24)31(39)29-34-20-22(3)33(4,43-34)28(32(40)42-18-7-2)27(34)30(38)36(29)25(21-37)19-23-11-9-8-10-12-23/h6-16,22,25,27-29,37H,1-2,17-21H2,3-5H3/t22?,25-,27+,28-,29?,33+,34?/m1/s1. The summed E-state index contributed by atoms with van der Waals surface area (Å²) in [4.78, 5) is 46.1. The molecule has 2 aromatic rings. The first-order chi connectivity index (χ1) is 20.7. The molecule has 7 atom stereocenters. The van der Waals surface area contributed by atoms with Crippen LogP contribution >= 0.6 is 0 Å². The molecule has 3 aliphatic heterocycles. The van der Waals surface area contributed by atoms with Gasteiger partial charge in [-0.15, -0.1) is 6.58 Å². The van der Waals surface area contributed by atoms with Gasteiger partial charge in [-0.2, -0.15) is 0 Å². The van der Waals surface area contributed by atoms with Crippen molar-refractivity contribution in [2.45, 2.75) is 50.0 Å². The summed E-state index contributed by atoms with van der Waals surface area (Å²) in [5, 5.41) is 10.7. The van der Waals surface area contributed by atoms with Crippen LogP contribution in [-0.4, -0.2) is 77.9 Å². The molecular weight excluding hydrogens is 548 g/mol. The number of fused-ring (bicyclic) bond motifs is 1. The maximum absolute atomic E-state index is 14.9. The van der Waals surface area contributed by atoms with Gasteiger partial charge in [-0.1, -0.05) is 56.0 Å². The van der Waals surface area contributed by atoms with Crippen molar-refractivity contribution in [2.75, 3.05) is 31.8 Å². The number of aliphatic hydroxyl groups is 1. The zero-order valence-corrected chi connectivity index (χ0v) is 25.0. The fourth-order valence-electron chi connectivity index (χ4n) is 7.44. The Morgan fingerprint density at radius 3 is 2.47 bits per heavy atom. The number of likely N-dealkylation sites (tertiary alicyclic amines) is 1. The zero-order chi connectivity index (χ0) is 30.9. The van der Waals surface area contributed by atoms with Crippen molar-refractivity contribution in [1.82, 2.24) is 4.90 Å². The van der Waals surface area contributed by atoms with E-state index in [9.17, 15) is 19.5 Å². The zero-order valence-electron chi connectivity index (χ0n) is 25.0. The number of nitrogens with zero attached hydrogens (tertiary/aromatic N) is 2. The Kier molecular flexibility index (Phi) is 8.49. The van der Waals surface area contributed by atoms with Crippen LogP contribution in [0.5, 0.6) is 5.75 Å². The van der Waals surface area contributed by atoms with Crippen LogP contribution in [0, 0.1) is 17.8 Å². The highest BCUT2D eigenvalue weighted by Crippen LogP contribution is 2.65. The third-order valence-corrected chi connectivity index (χ3v) is 9.46. The summed E-state index contributed by atoms with van der Waals surface area (Å²) in [6.07, 6.45) is 3.81. The van der Waals surface area contributed by atoms with Crippen LogP contribution in [0.4, 0.5) is 5.69 Å². The fourth-order valence-corrected chi connectivity index (χ4v) is 7.44. The predicted molar refractivity (Wildman–Crippen MR) is 161 cm³/mol. The number of amides is 2. The summed E-state index contributed by atoms with van der Waals surface area (Å²) < 4.78 is 17.6. The van der Waals surface area contributed by atoms with E-state index in [4.69, 9.17) is 14.2 Å². The van der Waals surface area contributed by atoms with Gasteiger partial charge < -0.3 is 29.1 Å². The molecule has 3 heterocycles. The number of hydrogen-bond acceptors (Lipinski definition) is 7. The van der Waals surface area contributed by atoms with Gasteiger partial charge in [-0.3, -0.25) is 14.4 Å². The van der Waals surface area contributed by atoms with Crippen LogP contribution < -0.4 is 9.64 Å². The van der Waals surface area contributed by atoms with Crippen LogP contribution in [-0.2, 0) is 30.3 Å². The van der Waals surface area contributed by atoms with E-state index in [0.29, 0.717) is 24.3 Å². The average Bonchev–Trinajstić information content (AvgIpc) is 3.54. The highest BCUT2D eigenvalue weighted by molar-refractivity contribution is 6.05. The summed E-state index contributed by atoms with van der Waals surface area (Å²) in [6, 6.07) is 14.7. The number of carbonyl (C=O) groups is 3. The van der Waals surface area contributed by atoms with Gasteiger partial charge in [-0.05, 0) is 55.5 Å². The molecule has 3 saturated heterocycles. The van der Waals surface area contributed by atoms with Crippen molar-refractivity contribution in [2.24, 2.45) is 17.8 Å². The number of ether oxygens (including phenoxy) is 3. The summed E-state index contributed by atoms with van der Waals surface area (Å²) in [7, 11) is 1.57. The number of carbonyl (C=O) groups excluding carboxylic acids is 3. The highest BCUT2D eigenvalue weighted by atomic mass is 16.6. The molecule has 0 saturated carbocycles. The number of rotatable bonds is 12. The van der Waals surface area contributed by atoms with Crippen molar-refractivity contribution in [3.8, 4) is 5.75 Å². The Balaban J connectivity index is 1.64. The van der Waals surface area contributed by atoms with E-state index in [1.165, 1.54) is 11.0 Å². The third-order valence-electron chi connectivity index (χ3n) is 9.46. The molecule has 2 amide bonds. The largest absolute Gasteiger partial charge is 0.497 e. The molecule has 0 aromatic heterocycles. The van der Waals surface area contributed by atoms with Crippen LogP contribution in [0.25, 0.3) is 0 Å². The lowest BCUT2D eigenvalue weighted by Crippen LogP contribution is -2.59. The Bertz CT molecular complexity index is 1380. The first kappa shape index (κ1) is 30.5. The Morgan fingerprint density at radius 1 is 1.16 bits per heavy atom. The highest BCUT2D eigenvalue weighted by Gasteiger charge is 2.80. The molecule has 1 N–H and O–H groups in total. The molecule has 3 fully saturated rings. The second-order valence-electron chi connectivity index (χ2n) is 11.8. The Labute approximate surface area is 252 Å². The molecule has 9 heteroatoms. The number of esters is 1. The minimum absolute atomic E-state index is 0.00235. The number of aliphatic hydroxyl groups excluding tert-OH is 1. The van der Waals surface area contributed by atoms with E-state index >= 15 is 0 Å². The second-order valence-corrected chi connectivity index (χ2v) is 11.8. The number of anilines is 1. The Hall–Kier alpha value is -3.95. The molecule has 0 aliphatic carbocycles. The predicted octanol–water partition coefficient (Wildman–Crippen LogP) is 3.56. The Morgan fingerprint density at radius 2 is 1.86 bits per heavy atom. The monoisotopic (exact) mass is 588 g/mol. The summed E-state index contributed by atoms with van der Waals surface area (Å²) in [5.74, 6) is -2.70. The van der Waals surface area contributed by atoms with Crippen LogP contribution in [0.3, 0.4) is 0 Å². The van der Waals surface area contributed by atoms with Crippen molar-refractivity contribution in [3.63, 3.8) is 0 Å². The lowest BCUT2D eigenvalue weighted by Gasteiger charge is -2.39. The minimum atomic E-state index is -1.30. The maximum Gasteiger partial charge on any atom is 0.313 e. The van der Waals surface area contributed by atoms with Gasteiger partial charge in [0, 0.05) is 12.2 Å². The minimum Gasteiger partial charge on any atom is -0.497 e. The molecule has 2 bridgehead atoms. The van der Waals surface area contributed by atoms with Gasteiger partial charge >= 0.3 is 5.97 Å². The van der Waals surface area contributed by atoms with E-state index in [1.54, 1.807) is 42.4 Å². The molecule has 3 aliphatic rings.